The van der Waals surface area contributed by atoms with Gasteiger partial charge in [-0.05, 0) is 35.7 Å². The van der Waals surface area contributed by atoms with Gasteiger partial charge in [-0.3, -0.25) is 4.79 Å². The van der Waals surface area contributed by atoms with Crippen molar-refractivity contribution in [3.8, 4) is 5.75 Å². The summed E-state index contributed by atoms with van der Waals surface area (Å²) < 4.78 is 28.1. The molecule has 10 heteroatoms. The summed E-state index contributed by atoms with van der Waals surface area (Å²) in [4.78, 5) is 18.0. The molecule has 0 unspecified atom stereocenters. The van der Waals surface area contributed by atoms with Crippen molar-refractivity contribution in [1.82, 2.24) is 15.5 Å². The third kappa shape index (κ3) is 7.91. The Labute approximate surface area is 183 Å². The molecule has 4 N–H and O–H groups in total. The summed E-state index contributed by atoms with van der Waals surface area (Å²) in [5.41, 5.74) is 1.86. The monoisotopic (exact) mass is 447 g/mol. The molecule has 0 aliphatic carbocycles. The number of sulfonamides is 1. The van der Waals surface area contributed by atoms with Crippen molar-refractivity contribution in [1.29, 1.82) is 0 Å². The smallest absolute Gasteiger partial charge is 0.241 e. The van der Waals surface area contributed by atoms with E-state index in [1.54, 1.807) is 33.3 Å². The van der Waals surface area contributed by atoms with Gasteiger partial charge in [0.05, 0.1) is 25.1 Å². The highest BCUT2D eigenvalue weighted by molar-refractivity contribution is 7.89. The fourth-order valence-corrected chi connectivity index (χ4v) is 3.19. The number of hydrogen-bond donors (Lipinski definition) is 3. The van der Waals surface area contributed by atoms with Crippen molar-refractivity contribution in [3.05, 3.63) is 59.7 Å². The van der Waals surface area contributed by atoms with E-state index in [0.29, 0.717) is 25.5 Å². The second kappa shape index (κ2) is 11.3. The number of aliphatic imine (C=N–C) groups is 1. The number of carbonyl (C=O) groups excluding carboxylic acids is 1. The fraction of sp³-hybridized carbons (Fsp3) is 0.333. The molecule has 2 aromatic carbocycles. The molecule has 0 aromatic heterocycles. The van der Waals surface area contributed by atoms with Crippen molar-refractivity contribution in [2.24, 2.45) is 10.1 Å². The van der Waals surface area contributed by atoms with Gasteiger partial charge in [0.1, 0.15) is 5.75 Å². The van der Waals surface area contributed by atoms with E-state index < -0.39 is 10.0 Å². The van der Waals surface area contributed by atoms with Gasteiger partial charge in [-0.1, -0.05) is 30.3 Å². The molecule has 31 heavy (non-hydrogen) atoms. The summed E-state index contributed by atoms with van der Waals surface area (Å²) in [5, 5.41) is 11.4. The van der Waals surface area contributed by atoms with E-state index in [1.165, 1.54) is 17.0 Å². The van der Waals surface area contributed by atoms with E-state index in [9.17, 15) is 13.2 Å². The van der Waals surface area contributed by atoms with Crippen molar-refractivity contribution >= 4 is 21.9 Å². The number of amides is 1. The van der Waals surface area contributed by atoms with E-state index in [-0.39, 0.29) is 17.3 Å². The largest absolute Gasteiger partial charge is 0.496 e. The van der Waals surface area contributed by atoms with Crippen LogP contribution in [0.2, 0.25) is 0 Å². The Hall–Kier alpha value is -3.11. The number of nitrogens with one attached hydrogen (secondary N) is 2. The zero-order chi connectivity index (χ0) is 22.9. The molecule has 0 radical (unpaired) electrons. The van der Waals surface area contributed by atoms with Crippen LogP contribution in [0, 0.1) is 0 Å². The van der Waals surface area contributed by atoms with Gasteiger partial charge >= 0.3 is 0 Å². The zero-order valence-corrected chi connectivity index (χ0v) is 18.8. The standard InChI is InChI=1S/C21H29N5O4S/c1-26(2)20(27)15-25-21(23-13-12-17-6-4-5-7-19(17)30-3)24-14-16-8-10-18(11-9-16)31(22,28)29/h4-11H,12-15H2,1-3H3,(H2,22,28,29)(H2,23,24,25). The summed E-state index contributed by atoms with van der Waals surface area (Å²) in [7, 11) is 1.27. The molecule has 2 aromatic rings. The fourth-order valence-electron chi connectivity index (χ4n) is 2.67. The van der Waals surface area contributed by atoms with Gasteiger partial charge in [-0.15, -0.1) is 0 Å². The number of primary sulfonamides is 1. The van der Waals surface area contributed by atoms with Crippen LogP contribution in [0.1, 0.15) is 11.1 Å². The summed E-state index contributed by atoms with van der Waals surface area (Å²) in [6.07, 6.45) is 0.704. The Morgan fingerprint density at radius 2 is 1.77 bits per heavy atom. The number of nitrogens with zero attached hydrogens (tertiary/aromatic N) is 2. The first-order valence-corrected chi connectivity index (χ1v) is 11.2. The Bertz CT molecular complexity index is 1000. The molecule has 0 aliphatic rings. The summed E-state index contributed by atoms with van der Waals surface area (Å²) >= 11 is 0. The maximum absolute atomic E-state index is 11.9. The minimum Gasteiger partial charge on any atom is -0.496 e. The zero-order valence-electron chi connectivity index (χ0n) is 18.0. The van der Waals surface area contributed by atoms with Crippen molar-refractivity contribution < 1.29 is 17.9 Å². The molecule has 1 amide bonds. The Balaban J connectivity index is 2.05. The molecular formula is C21H29N5O4S. The maximum Gasteiger partial charge on any atom is 0.241 e. The normalized spacial score (nSPS) is 11.7. The summed E-state index contributed by atoms with van der Waals surface area (Å²) in [6.45, 7) is 0.968. The topological polar surface area (TPSA) is 126 Å². The van der Waals surface area contributed by atoms with Crippen molar-refractivity contribution in [2.45, 2.75) is 17.9 Å². The summed E-state index contributed by atoms with van der Waals surface area (Å²) in [5.74, 6) is 1.20. The van der Waals surface area contributed by atoms with Crippen LogP contribution >= 0.6 is 0 Å². The minimum atomic E-state index is -3.73. The molecule has 0 saturated carbocycles. The highest BCUT2D eigenvalue weighted by Crippen LogP contribution is 2.17. The van der Waals surface area contributed by atoms with Crippen LogP contribution < -0.4 is 20.5 Å². The quantitative estimate of drug-likeness (QED) is 0.384. The van der Waals surface area contributed by atoms with E-state index in [4.69, 9.17) is 9.88 Å². The first kappa shape index (κ1) is 24.2. The molecule has 0 atom stereocenters. The molecule has 0 saturated heterocycles. The maximum atomic E-state index is 11.9. The first-order chi connectivity index (χ1) is 14.7. The van der Waals surface area contributed by atoms with Gasteiger partial charge in [-0.25, -0.2) is 18.5 Å². The Kier molecular flexibility index (Phi) is 8.83. The lowest BCUT2D eigenvalue weighted by Crippen LogP contribution is -2.43. The Morgan fingerprint density at radius 1 is 1.10 bits per heavy atom. The first-order valence-electron chi connectivity index (χ1n) is 9.66. The van der Waals surface area contributed by atoms with Gasteiger partial charge in [0.2, 0.25) is 15.9 Å². The molecule has 168 valence electrons. The Morgan fingerprint density at radius 3 is 2.39 bits per heavy atom. The lowest BCUT2D eigenvalue weighted by Gasteiger charge is -2.15. The van der Waals surface area contributed by atoms with Gasteiger partial charge < -0.3 is 20.3 Å². The number of guanidine groups is 1. The van der Waals surface area contributed by atoms with Gasteiger partial charge in [0, 0.05) is 20.6 Å². The van der Waals surface area contributed by atoms with Crippen LogP contribution in [0.3, 0.4) is 0 Å². The lowest BCUT2D eigenvalue weighted by molar-refractivity contribution is -0.127. The third-order valence-electron chi connectivity index (χ3n) is 4.46. The SMILES string of the molecule is COc1ccccc1CCNC(=NCc1ccc(S(N)(=O)=O)cc1)NCC(=O)N(C)C. The number of nitrogens with two attached hydrogens (primary N) is 1. The molecule has 2 rings (SSSR count). The van der Waals surface area contributed by atoms with E-state index in [2.05, 4.69) is 15.6 Å². The van der Waals surface area contributed by atoms with Crippen LogP contribution in [0.4, 0.5) is 0 Å². The van der Waals surface area contributed by atoms with Crippen LogP contribution in [0.5, 0.6) is 5.75 Å². The number of para-hydroxylation sites is 1. The van der Waals surface area contributed by atoms with Crippen molar-refractivity contribution in [3.63, 3.8) is 0 Å². The van der Waals surface area contributed by atoms with Crippen molar-refractivity contribution in [2.75, 3.05) is 34.3 Å². The number of ether oxygens (including phenoxy) is 1. The highest BCUT2D eigenvalue weighted by atomic mass is 32.2. The number of methoxy groups -OCH3 is 1. The van der Waals surface area contributed by atoms with Crippen LogP contribution in [0.15, 0.2) is 58.4 Å². The third-order valence-corrected chi connectivity index (χ3v) is 5.39. The number of hydrogen-bond acceptors (Lipinski definition) is 5. The predicted molar refractivity (Wildman–Crippen MR) is 120 cm³/mol. The van der Waals surface area contributed by atoms with Crippen LogP contribution in [0.25, 0.3) is 0 Å². The number of carbonyl (C=O) groups is 1. The van der Waals surface area contributed by atoms with E-state index in [0.717, 1.165) is 16.9 Å². The number of benzene rings is 2. The molecule has 0 heterocycles. The molecular weight excluding hydrogens is 418 g/mol. The predicted octanol–water partition coefficient (Wildman–Crippen LogP) is 0.709. The lowest BCUT2D eigenvalue weighted by atomic mass is 10.1. The van der Waals surface area contributed by atoms with Gasteiger partial charge in [0.25, 0.3) is 0 Å². The van der Waals surface area contributed by atoms with Crippen LogP contribution in [-0.4, -0.2) is 59.5 Å². The number of likely N-dealkylation sites (N-methyl/N-ethyl adjacent to an activating group) is 1. The molecule has 0 aliphatic heterocycles. The molecule has 0 bridgehead atoms. The average Bonchev–Trinajstić information content (AvgIpc) is 2.74. The minimum absolute atomic E-state index is 0.0464. The second-order valence-electron chi connectivity index (χ2n) is 6.98. The molecule has 0 fully saturated rings. The molecule has 0 spiro atoms. The summed E-state index contributed by atoms with van der Waals surface area (Å²) in [6, 6.07) is 14.0. The van der Waals surface area contributed by atoms with E-state index >= 15 is 0 Å². The van der Waals surface area contributed by atoms with Gasteiger partial charge in [-0.2, -0.15) is 0 Å². The molecule has 9 nitrogen and oxygen atoms in total. The number of rotatable bonds is 9. The van der Waals surface area contributed by atoms with Crippen LogP contribution in [-0.2, 0) is 27.8 Å². The van der Waals surface area contributed by atoms with E-state index in [1.807, 2.05) is 24.3 Å². The van der Waals surface area contributed by atoms with Gasteiger partial charge in [0.15, 0.2) is 5.96 Å². The second-order valence-corrected chi connectivity index (χ2v) is 8.55. The highest BCUT2D eigenvalue weighted by Gasteiger charge is 2.09. The average molecular weight is 448 g/mol.